The van der Waals surface area contributed by atoms with Crippen LogP contribution in [0.4, 0.5) is 11.6 Å². The topological polar surface area (TPSA) is 103 Å². The molecule has 3 N–H and O–H groups in total. The van der Waals surface area contributed by atoms with E-state index in [0.717, 1.165) is 29.6 Å². The van der Waals surface area contributed by atoms with Gasteiger partial charge in [-0.3, -0.25) is 9.59 Å². The van der Waals surface area contributed by atoms with Crippen LogP contribution in [0.15, 0.2) is 36.5 Å². The van der Waals surface area contributed by atoms with E-state index in [1.807, 2.05) is 6.07 Å². The van der Waals surface area contributed by atoms with Gasteiger partial charge in [0.15, 0.2) is 5.78 Å². The Hall–Kier alpha value is -3.22. The summed E-state index contributed by atoms with van der Waals surface area (Å²) in [4.78, 5) is 32.4. The van der Waals surface area contributed by atoms with Crippen molar-refractivity contribution >= 4 is 34.4 Å². The minimum absolute atomic E-state index is 0.0384. The molecule has 138 valence electrons. The van der Waals surface area contributed by atoms with Gasteiger partial charge in [-0.05, 0) is 43.2 Å². The second-order valence-corrected chi connectivity index (χ2v) is 6.93. The summed E-state index contributed by atoms with van der Waals surface area (Å²) in [6.45, 7) is 1.59. The Balaban J connectivity index is 1.71. The number of amides is 1. The van der Waals surface area contributed by atoms with E-state index >= 15 is 0 Å². The number of hydrogen-bond acceptors (Lipinski definition) is 5. The Morgan fingerprint density at radius 3 is 2.52 bits per heavy atom. The molecule has 0 unspecified atom stereocenters. The number of nitrogens with two attached hydrogens (primary N) is 1. The van der Waals surface area contributed by atoms with Gasteiger partial charge in [0, 0.05) is 35.8 Å². The van der Waals surface area contributed by atoms with Crippen LogP contribution in [-0.4, -0.2) is 26.2 Å². The van der Waals surface area contributed by atoms with E-state index in [-0.39, 0.29) is 5.78 Å². The fraction of sp³-hybridized carbons (Fsp3) is 0.300. The second kappa shape index (κ2) is 6.83. The first-order chi connectivity index (χ1) is 13.0. The van der Waals surface area contributed by atoms with Gasteiger partial charge in [-0.2, -0.15) is 4.98 Å². The molecule has 7 heteroatoms. The van der Waals surface area contributed by atoms with Gasteiger partial charge in [0.25, 0.3) is 0 Å². The maximum Gasteiger partial charge on any atom is 0.248 e. The SMILES string of the molecule is CC(=O)c1cc2cnc(Nc3ccc(C(N)=O)cc3)nc2n1C1CCCC1. The number of nitrogens with one attached hydrogen (secondary N) is 1. The molecule has 1 aromatic carbocycles. The summed E-state index contributed by atoms with van der Waals surface area (Å²) in [6, 6.07) is 8.99. The molecule has 4 rings (SSSR count). The summed E-state index contributed by atoms with van der Waals surface area (Å²) >= 11 is 0. The maximum atomic E-state index is 12.1. The second-order valence-electron chi connectivity index (χ2n) is 6.93. The van der Waals surface area contributed by atoms with E-state index in [1.165, 1.54) is 12.8 Å². The molecule has 0 atom stereocenters. The van der Waals surface area contributed by atoms with Crippen molar-refractivity contribution in [3.05, 3.63) is 47.8 Å². The summed E-state index contributed by atoms with van der Waals surface area (Å²) < 4.78 is 2.08. The van der Waals surface area contributed by atoms with Crippen molar-refractivity contribution in [2.75, 3.05) is 5.32 Å². The number of rotatable bonds is 5. The molecular weight excluding hydrogens is 342 g/mol. The van der Waals surface area contributed by atoms with Gasteiger partial charge in [0.2, 0.25) is 11.9 Å². The van der Waals surface area contributed by atoms with Crippen molar-refractivity contribution in [1.29, 1.82) is 0 Å². The Kier molecular flexibility index (Phi) is 4.35. The van der Waals surface area contributed by atoms with E-state index < -0.39 is 5.91 Å². The molecule has 0 saturated heterocycles. The van der Waals surface area contributed by atoms with Crippen molar-refractivity contribution in [2.24, 2.45) is 5.73 Å². The zero-order valence-electron chi connectivity index (χ0n) is 15.1. The number of aromatic nitrogens is 3. The summed E-state index contributed by atoms with van der Waals surface area (Å²) in [5.41, 5.74) is 7.93. The molecule has 3 aromatic rings. The standard InChI is InChI=1S/C20H21N5O2/c1-12(26)17-10-14-11-22-20(23-15-8-6-13(7-9-15)18(21)27)24-19(14)25(17)16-4-2-3-5-16/h6-11,16H,2-5H2,1H3,(H2,21,27)(H,22,23,24). The highest BCUT2D eigenvalue weighted by Crippen LogP contribution is 2.34. The lowest BCUT2D eigenvalue weighted by Crippen LogP contribution is -2.12. The predicted octanol–water partition coefficient (Wildman–Crippen LogP) is 3.59. The van der Waals surface area contributed by atoms with Crippen LogP contribution in [0.5, 0.6) is 0 Å². The number of anilines is 2. The van der Waals surface area contributed by atoms with Crippen LogP contribution in [0, 0.1) is 0 Å². The zero-order valence-corrected chi connectivity index (χ0v) is 15.1. The fourth-order valence-electron chi connectivity index (χ4n) is 3.72. The number of benzene rings is 1. The molecule has 1 amide bonds. The van der Waals surface area contributed by atoms with Crippen molar-refractivity contribution in [1.82, 2.24) is 14.5 Å². The van der Waals surface area contributed by atoms with Crippen molar-refractivity contribution in [3.63, 3.8) is 0 Å². The van der Waals surface area contributed by atoms with Gasteiger partial charge in [-0.1, -0.05) is 12.8 Å². The number of carbonyl (C=O) groups excluding carboxylic acids is 2. The summed E-state index contributed by atoms with van der Waals surface area (Å²) in [6.07, 6.45) is 6.20. The summed E-state index contributed by atoms with van der Waals surface area (Å²) in [5.74, 6) is 0.0172. The molecule has 1 aliphatic rings. The Morgan fingerprint density at radius 1 is 1.19 bits per heavy atom. The number of ketones is 1. The maximum absolute atomic E-state index is 12.1. The van der Waals surface area contributed by atoms with Crippen molar-refractivity contribution in [3.8, 4) is 0 Å². The smallest absolute Gasteiger partial charge is 0.248 e. The van der Waals surface area contributed by atoms with E-state index in [9.17, 15) is 9.59 Å². The first-order valence-corrected chi connectivity index (χ1v) is 9.09. The molecule has 0 aliphatic heterocycles. The first kappa shape index (κ1) is 17.2. The first-order valence-electron chi connectivity index (χ1n) is 9.09. The van der Waals surface area contributed by atoms with Crippen LogP contribution < -0.4 is 11.1 Å². The highest BCUT2D eigenvalue weighted by Gasteiger charge is 2.24. The van der Waals surface area contributed by atoms with Crippen LogP contribution >= 0.6 is 0 Å². The van der Waals surface area contributed by atoms with E-state index in [0.29, 0.717) is 23.2 Å². The van der Waals surface area contributed by atoms with Crippen LogP contribution in [0.1, 0.15) is 59.5 Å². The molecule has 1 aliphatic carbocycles. The molecule has 0 bridgehead atoms. The molecular formula is C20H21N5O2. The molecule has 0 spiro atoms. The van der Waals surface area contributed by atoms with Gasteiger partial charge in [0.1, 0.15) is 5.65 Å². The molecule has 27 heavy (non-hydrogen) atoms. The fourth-order valence-corrected chi connectivity index (χ4v) is 3.72. The third kappa shape index (κ3) is 3.28. The quantitative estimate of drug-likeness (QED) is 0.674. The van der Waals surface area contributed by atoms with Gasteiger partial charge < -0.3 is 15.6 Å². The largest absolute Gasteiger partial charge is 0.366 e. The minimum atomic E-state index is -0.467. The summed E-state index contributed by atoms with van der Waals surface area (Å²) in [5, 5.41) is 4.01. The van der Waals surface area contributed by atoms with E-state index in [1.54, 1.807) is 37.4 Å². The number of Topliss-reactive ketones (excluding diaryl/α,β-unsaturated/α-hetero) is 1. The van der Waals surface area contributed by atoms with E-state index in [4.69, 9.17) is 5.73 Å². The minimum Gasteiger partial charge on any atom is -0.366 e. The predicted molar refractivity (Wildman–Crippen MR) is 103 cm³/mol. The Bertz CT molecular complexity index is 1020. The van der Waals surface area contributed by atoms with Crippen LogP contribution in [-0.2, 0) is 0 Å². The Morgan fingerprint density at radius 2 is 1.89 bits per heavy atom. The third-order valence-electron chi connectivity index (χ3n) is 5.05. The number of hydrogen-bond donors (Lipinski definition) is 2. The highest BCUT2D eigenvalue weighted by molar-refractivity contribution is 5.98. The lowest BCUT2D eigenvalue weighted by atomic mass is 10.2. The van der Waals surface area contributed by atoms with Crippen LogP contribution in [0.2, 0.25) is 0 Å². The normalized spacial score (nSPS) is 14.6. The molecule has 2 heterocycles. The monoisotopic (exact) mass is 363 g/mol. The van der Waals surface area contributed by atoms with Crippen LogP contribution in [0.25, 0.3) is 11.0 Å². The average Bonchev–Trinajstić information content (AvgIpc) is 3.29. The molecule has 0 radical (unpaired) electrons. The van der Waals surface area contributed by atoms with Gasteiger partial charge >= 0.3 is 0 Å². The molecule has 2 aromatic heterocycles. The number of nitrogens with zero attached hydrogens (tertiary/aromatic N) is 3. The lowest BCUT2D eigenvalue weighted by molar-refractivity contribution is 0.0993. The highest BCUT2D eigenvalue weighted by atomic mass is 16.1. The van der Waals surface area contributed by atoms with Gasteiger partial charge in [-0.25, -0.2) is 4.98 Å². The van der Waals surface area contributed by atoms with Gasteiger partial charge in [0.05, 0.1) is 5.69 Å². The van der Waals surface area contributed by atoms with Crippen molar-refractivity contribution in [2.45, 2.75) is 38.6 Å². The van der Waals surface area contributed by atoms with Crippen LogP contribution in [0.3, 0.4) is 0 Å². The average molecular weight is 363 g/mol. The molecule has 1 saturated carbocycles. The summed E-state index contributed by atoms with van der Waals surface area (Å²) in [7, 11) is 0. The van der Waals surface area contributed by atoms with Crippen molar-refractivity contribution < 1.29 is 9.59 Å². The number of primary amides is 1. The lowest BCUT2D eigenvalue weighted by Gasteiger charge is -2.16. The third-order valence-corrected chi connectivity index (χ3v) is 5.05. The number of fused-ring (bicyclic) bond motifs is 1. The molecule has 1 fully saturated rings. The molecule has 7 nitrogen and oxygen atoms in total. The van der Waals surface area contributed by atoms with Gasteiger partial charge in [-0.15, -0.1) is 0 Å². The Labute approximate surface area is 156 Å². The zero-order chi connectivity index (χ0) is 19.0. The number of carbonyl (C=O) groups is 2. The van der Waals surface area contributed by atoms with E-state index in [2.05, 4.69) is 19.9 Å².